The van der Waals surface area contributed by atoms with Crippen molar-refractivity contribution in [2.75, 3.05) is 0 Å². The van der Waals surface area contributed by atoms with E-state index in [1.165, 1.54) is 0 Å². The van der Waals surface area contributed by atoms with Crippen LogP contribution < -0.4 is 5.73 Å². The van der Waals surface area contributed by atoms with Crippen LogP contribution in [0.4, 0.5) is 0 Å². The van der Waals surface area contributed by atoms with Crippen LogP contribution in [0.2, 0.25) is 0 Å². The minimum atomic E-state index is -1.04. The summed E-state index contributed by atoms with van der Waals surface area (Å²) in [5, 5.41) is 8.60. The van der Waals surface area contributed by atoms with E-state index >= 15 is 0 Å². The normalized spacial score (nSPS) is 12.9. The predicted octanol–water partition coefficient (Wildman–Crippen LogP) is 0.981. The van der Waals surface area contributed by atoms with Crippen molar-refractivity contribution in [1.29, 1.82) is 0 Å². The summed E-state index contributed by atoms with van der Waals surface area (Å²) in [4.78, 5) is 10.5. The predicted molar refractivity (Wildman–Crippen MR) is 42.7 cm³/mol. The van der Waals surface area contributed by atoms with Gasteiger partial charge in [0.25, 0.3) is 0 Å². The van der Waals surface area contributed by atoms with Gasteiger partial charge in [0.05, 0.1) is 0 Å². The summed E-state index contributed by atoms with van der Waals surface area (Å²) >= 11 is 0. The molecule has 3 N–H and O–H groups in total. The van der Waals surface area contributed by atoms with Crippen molar-refractivity contribution in [1.82, 2.24) is 0 Å². The molecular formula is C8H11NO3. The Hall–Kier alpha value is -1.29. The molecule has 1 aromatic rings. The number of aliphatic carboxylic acids is 1. The molecule has 0 unspecified atom stereocenters. The van der Waals surface area contributed by atoms with E-state index < -0.39 is 12.0 Å². The highest BCUT2D eigenvalue weighted by atomic mass is 16.4. The van der Waals surface area contributed by atoms with E-state index in [1.807, 2.05) is 0 Å². The number of carbonyl (C=O) groups is 1. The summed E-state index contributed by atoms with van der Waals surface area (Å²) in [6, 6.07) is 0.663. The molecule has 12 heavy (non-hydrogen) atoms. The quantitative estimate of drug-likeness (QED) is 0.691. The smallest absolute Gasteiger partial charge is 0.325 e. The first-order valence-corrected chi connectivity index (χ1v) is 3.57. The number of aryl methyl sites for hydroxylation is 2. The third-order valence-electron chi connectivity index (χ3n) is 1.68. The Bertz CT molecular complexity index is 303. The number of nitrogens with two attached hydrogens (primary N) is 1. The maximum atomic E-state index is 10.5. The lowest BCUT2D eigenvalue weighted by atomic mass is 10.1. The molecule has 0 aromatic carbocycles. The number of carboxylic acid groups (broad SMARTS) is 1. The third kappa shape index (κ3) is 1.48. The van der Waals surface area contributed by atoms with Crippen molar-refractivity contribution >= 4 is 5.97 Å². The van der Waals surface area contributed by atoms with E-state index in [0.29, 0.717) is 17.1 Å². The molecule has 0 spiro atoms. The molecule has 1 rings (SSSR count). The fourth-order valence-electron chi connectivity index (χ4n) is 1.09. The van der Waals surface area contributed by atoms with Gasteiger partial charge in [-0.05, 0) is 19.9 Å². The fraction of sp³-hybridized carbons (Fsp3) is 0.375. The first kappa shape index (κ1) is 8.80. The summed E-state index contributed by atoms with van der Waals surface area (Å²) in [6.45, 7) is 3.45. The molecule has 0 bridgehead atoms. The average molecular weight is 169 g/mol. The van der Waals surface area contributed by atoms with Crippen molar-refractivity contribution < 1.29 is 14.3 Å². The summed E-state index contributed by atoms with van der Waals surface area (Å²) in [5.41, 5.74) is 5.93. The van der Waals surface area contributed by atoms with E-state index in [0.717, 1.165) is 0 Å². The Labute approximate surface area is 70.0 Å². The Morgan fingerprint density at radius 1 is 1.67 bits per heavy atom. The fourth-order valence-corrected chi connectivity index (χ4v) is 1.09. The molecular weight excluding hydrogens is 158 g/mol. The zero-order chi connectivity index (χ0) is 9.30. The number of rotatable bonds is 2. The lowest BCUT2D eigenvalue weighted by Gasteiger charge is -2.02. The van der Waals surface area contributed by atoms with Gasteiger partial charge < -0.3 is 15.3 Å². The van der Waals surface area contributed by atoms with Gasteiger partial charge in [-0.1, -0.05) is 0 Å². The van der Waals surface area contributed by atoms with Crippen molar-refractivity contribution in [3.63, 3.8) is 0 Å². The van der Waals surface area contributed by atoms with Gasteiger partial charge >= 0.3 is 5.97 Å². The largest absolute Gasteiger partial charge is 0.480 e. The van der Waals surface area contributed by atoms with Gasteiger partial charge in [0.1, 0.15) is 17.6 Å². The number of furan rings is 1. The SMILES string of the molecule is Cc1cc([C@H](N)C(=O)O)c(C)o1. The van der Waals surface area contributed by atoms with Crippen LogP contribution in [0, 0.1) is 13.8 Å². The topological polar surface area (TPSA) is 76.5 Å². The van der Waals surface area contributed by atoms with Crippen LogP contribution in [0.5, 0.6) is 0 Å². The second kappa shape index (κ2) is 2.98. The zero-order valence-corrected chi connectivity index (χ0v) is 7.00. The first-order chi connectivity index (χ1) is 5.52. The molecule has 1 aromatic heterocycles. The van der Waals surface area contributed by atoms with Crippen LogP contribution >= 0.6 is 0 Å². The van der Waals surface area contributed by atoms with E-state index in [-0.39, 0.29) is 0 Å². The molecule has 0 amide bonds. The molecule has 4 heteroatoms. The molecule has 0 fully saturated rings. The summed E-state index contributed by atoms with van der Waals surface area (Å²) in [5.74, 6) is 0.209. The van der Waals surface area contributed by atoms with Crippen molar-refractivity contribution in [3.05, 3.63) is 23.2 Å². The highest BCUT2D eigenvalue weighted by molar-refractivity contribution is 5.75. The third-order valence-corrected chi connectivity index (χ3v) is 1.68. The highest BCUT2D eigenvalue weighted by Crippen LogP contribution is 2.19. The van der Waals surface area contributed by atoms with E-state index in [1.54, 1.807) is 19.9 Å². The Kier molecular flexibility index (Phi) is 2.19. The van der Waals surface area contributed by atoms with Gasteiger partial charge in [-0.2, -0.15) is 0 Å². The summed E-state index contributed by atoms with van der Waals surface area (Å²) < 4.78 is 5.14. The highest BCUT2D eigenvalue weighted by Gasteiger charge is 2.19. The van der Waals surface area contributed by atoms with Gasteiger partial charge in [0, 0.05) is 5.56 Å². The number of hydrogen-bond donors (Lipinski definition) is 2. The molecule has 1 heterocycles. The van der Waals surface area contributed by atoms with Crippen LogP contribution in [-0.2, 0) is 4.79 Å². The molecule has 0 radical (unpaired) electrons. The monoisotopic (exact) mass is 169 g/mol. The van der Waals surface area contributed by atoms with Crippen molar-refractivity contribution in [2.45, 2.75) is 19.9 Å². The number of carboxylic acids is 1. The van der Waals surface area contributed by atoms with E-state index in [4.69, 9.17) is 15.3 Å². The van der Waals surface area contributed by atoms with Crippen LogP contribution in [0.3, 0.4) is 0 Å². The lowest BCUT2D eigenvalue weighted by Crippen LogP contribution is -2.20. The van der Waals surface area contributed by atoms with Crippen molar-refractivity contribution in [3.8, 4) is 0 Å². The van der Waals surface area contributed by atoms with E-state index in [2.05, 4.69) is 0 Å². The molecule has 4 nitrogen and oxygen atoms in total. The maximum absolute atomic E-state index is 10.5. The molecule has 0 saturated heterocycles. The summed E-state index contributed by atoms with van der Waals surface area (Å²) in [7, 11) is 0. The van der Waals surface area contributed by atoms with Crippen LogP contribution in [0.25, 0.3) is 0 Å². The Morgan fingerprint density at radius 3 is 2.58 bits per heavy atom. The molecule has 0 aliphatic carbocycles. The van der Waals surface area contributed by atoms with Gasteiger partial charge in [-0.25, -0.2) is 0 Å². The molecule has 0 saturated carbocycles. The lowest BCUT2D eigenvalue weighted by molar-refractivity contribution is -0.138. The van der Waals surface area contributed by atoms with Crippen molar-refractivity contribution in [2.24, 2.45) is 5.73 Å². The second-order valence-corrected chi connectivity index (χ2v) is 2.68. The summed E-state index contributed by atoms with van der Waals surface area (Å²) in [6.07, 6.45) is 0. The van der Waals surface area contributed by atoms with Crippen LogP contribution in [-0.4, -0.2) is 11.1 Å². The number of hydrogen-bond acceptors (Lipinski definition) is 3. The van der Waals surface area contributed by atoms with Crippen LogP contribution in [0.1, 0.15) is 23.1 Å². The minimum absolute atomic E-state index is 0.542. The van der Waals surface area contributed by atoms with Gasteiger partial charge in [0.2, 0.25) is 0 Å². The molecule has 1 atom stereocenters. The van der Waals surface area contributed by atoms with E-state index in [9.17, 15) is 4.79 Å². The zero-order valence-electron chi connectivity index (χ0n) is 7.00. The molecule has 66 valence electrons. The molecule has 0 aliphatic heterocycles. The van der Waals surface area contributed by atoms with Crippen LogP contribution in [0.15, 0.2) is 10.5 Å². The Morgan fingerprint density at radius 2 is 2.25 bits per heavy atom. The van der Waals surface area contributed by atoms with Gasteiger partial charge in [-0.3, -0.25) is 4.79 Å². The standard InChI is InChI=1S/C8H11NO3/c1-4-3-6(5(2)12-4)7(9)8(10)11/h3,7H,9H2,1-2H3,(H,10,11)/t7-/m0/s1. The molecule has 0 aliphatic rings. The Balaban J connectivity index is 3.02. The first-order valence-electron chi connectivity index (χ1n) is 3.57. The average Bonchev–Trinajstić information content (AvgIpc) is 2.28. The van der Waals surface area contributed by atoms with Gasteiger partial charge in [-0.15, -0.1) is 0 Å². The maximum Gasteiger partial charge on any atom is 0.325 e. The minimum Gasteiger partial charge on any atom is -0.480 e. The second-order valence-electron chi connectivity index (χ2n) is 2.68. The van der Waals surface area contributed by atoms with Gasteiger partial charge in [0.15, 0.2) is 0 Å².